The molecule has 0 aliphatic carbocycles. The van der Waals surface area contributed by atoms with Crippen LogP contribution in [-0.2, 0) is 4.74 Å². The van der Waals surface area contributed by atoms with Gasteiger partial charge in [0.25, 0.3) is 0 Å². The molecule has 0 unspecified atom stereocenters. The van der Waals surface area contributed by atoms with Crippen LogP contribution >= 0.6 is 0 Å². The second-order valence-corrected chi connectivity index (χ2v) is 11.2. The standard InChI is InChI=1S/C12H16FNOSi.C5H2F10O/c1-5-16(3,4)11-8-6-7-10(9-11)14(2)12(13)15;6-2(7,8)1-16-5(14,15)3(9,10)4(11,12)13/h5-9H,1H2,2-4H3;1H2. The molecule has 0 heterocycles. The molecule has 0 aromatic heterocycles. The summed E-state index contributed by atoms with van der Waals surface area (Å²) in [4.78, 5) is 11.6. The highest BCUT2D eigenvalue weighted by Gasteiger charge is 2.74. The van der Waals surface area contributed by atoms with Gasteiger partial charge in [0, 0.05) is 12.7 Å². The average Bonchev–Trinajstić information content (AvgIpc) is 2.65. The van der Waals surface area contributed by atoms with Crippen LogP contribution in [0.5, 0.6) is 0 Å². The van der Waals surface area contributed by atoms with E-state index in [0.717, 1.165) is 10.1 Å². The van der Waals surface area contributed by atoms with E-state index < -0.39 is 45.2 Å². The van der Waals surface area contributed by atoms with E-state index in [1.165, 1.54) is 7.05 Å². The topological polar surface area (TPSA) is 29.5 Å². The summed E-state index contributed by atoms with van der Waals surface area (Å²) in [7, 11) is -0.241. The molecule has 0 bridgehead atoms. The molecule has 15 heteroatoms. The molecule has 0 saturated heterocycles. The third kappa shape index (κ3) is 8.07. The van der Waals surface area contributed by atoms with Crippen molar-refractivity contribution in [2.75, 3.05) is 18.6 Å². The van der Waals surface area contributed by atoms with Crippen molar-refractivity contribution in [3.8, 4) is 0 Å². The first-order valence-electron chi connectivity index (χ1n) is 8.29. The van der Waals surface area contributed by atoms with Gasteiger partial charge in [0.1, 0.15) is 14.7 Å². The zero-order valence-corrected chi connectivity index (χ0v) is 17.7. The average molecular weight is 505 g/mol. The van der Waals surface area contributed by atoms with E-state index in [2.05, 4.69) is 24.4 Å². The molecule has 1 aromatic carbocycles. The van der Waals surface area contributed by atoms with Gasteiger partial charge in [0.15, 0.2) is 0 Å². The van der Waals surface area contributed by atoms with Crippen LogP contribution in [0.15, 0.2) is 36.5 Å². The van der Waals surface area contributed by atoms with Gasteiger partial charge in [-0.15, -0.1) is 11.0 Å². The van der Waals surface area contributed by atoms with Crippen LogP contribution < -0.4 is 10.1 Å². The minimum absolute atomic E-state index is 0.576. The highest BCUT2D eigenvalue weighted by Crippen LogP contribution is 2.47. The summed E-state index contributed by atoms with van der Waals surface area (Å²) >= 11 is 0. The SMILES string of the molecule is C=C[Si](C)(C)c1cccc(N(C)C(=O)F)c1.FC(F)(F)COC(F)(F)C(F)(F)C(F)(F)F. The number of rotatable bonds is 6. The number of ether oxygens (including phenoxy) is 1. The maximum absolute atomic E-state index is 12.6. The number of anilines is 1. The van der Waals surface area contributed by atoms with E-state index >= 15 is 0 Å². The zero-order chi connectivity index (χ0) is 25.8. The van der Waals surface area contributed by atoms with Crippen molar-refractivity contribution in [2.24, 2.45) is 0 Å². The van der Waals surface area contributed by atoms with Crippen molar-refractivity contribution in [1.82, 2.24) is 0 Å². The smallest absolute Gasteiger partial charge is 0.306 e. The Bertz CT molecular complexity index is 791. The fourth-order valence-electron chi connectivity index (χ4n) is 1.76. The Kier molecular flexibility index (Phi) is 9.50. The van der Waals surface area contributed by atoms with Gasteiger partial charge < -0.3 is 4.74 Å². The quantitative estimate of drug-likeness (QED) is 0.199. The molecule has 0 radical (unpaired) electrons. The number of halogens is 11. The van der Waals surface area contributed by atoms with Crippen molar-refractivity contribution in [1.29, 1.82) is 0 Å². The van der Waals surface area contributed by atoms with Crippen LogP contribution in [0.1, 0.15) is 0 Å². The summed E-state index contributed by atoms with van der Waals surface area (Å²) in [6.07, 6.45) is -19.9. The van der Waals surface area contributed by atoms with Crippen LogP contribution in [0, 0.1) is 0 Å². The maximum Gasteiger partial charge on any atom is 0.462 e. The number of hydrogen-bond donors (Lipinski definition) is 0. The van der Waals surface area contributed by atoms with Crippen LogP contribution in [0.25, 0.3) is 0 Å². The molecule has 0 fully saturated rings. The lowest BCUT2D eigenvalue weighted by Gasteiger charge is -2.27. The predicted octanol–water partition coefficient (Wildman–Crippen LogP) is 6.21. The van der Waals surface area contributed by atoms with Gasteiger partial charge in [-0.05, 0) is 12.1 Å². The number of carbonyl (C=O) groups is 1. The number of benzene rings is 1. The van der Waals surface area contributed by atoms with E-state index in [4.69, 9.17) is 0 Å². The van der Waals surface area contributed by atoms with Gasteiger partial charge in [-0.1, -0.05) is 36.1 Å². The number of carbonyl (C=O) groups excluding carboxylic acids is 1. The molecule has 0 atom stereocenters. The molecule has 0 aliphatic heterocycles. The monoisotopic (exact) mass is 505 g/mol. The molecule has 1 aromatic rings. The number of nitrogens with zero attached hydrogens (tertiary/aromatic N) is 1. The summed E-state index contributed by atoms with van der Waals surface area (Å²) < 4.78 is 131. The highest BCUT2D eigenvalue weighted by molar-refractivity contribution is 6.93. The fourth-order valence-corrected chi connectivity index (χ4v) is 3.04. The molecular weight excluding hydrogens is 487 g/mol. The molecule has 1 amide bonds. The van der Waals surface area contributed by atoms with E-state index in [1.807, 2.05) is 23.9 Å². The second-order valence-electron chi connectivity index (χ2n) is 6.78. The van der Waals surface area contributed by atoms with Crippen molar-refractivity contribution in [3.05, 3.63) is 36.5 Å². The Morgan fingerprint density at radius 1 is 1.06 bits per heavy atom. The van der Waals surface area contributed by atoms with Gasteiger partial charge >= 0.3 is 30.5 Å². The van der Waals surface area contributed by atoms with Crippen molar-refractivity contribution < 1.29 is 57.8 Å². The summed E-state index contributed by atoms with van der Waals surface area (Å²) in [6.45, 7) is 5.20. The van der Waals surface area contributed by atoms with E-state index in [-0.39, 0.29) is 0 Å². The first kappa shape index (κ1) is 29.8. The first-order chi connectivity index (χ1) is 14.1. The molecule has 1 rings (SSSR count). The summed E-state index contributed by atoms with van der Waals surface area (Å²) in [5.41, 5.74) is 2.54. The van der Waals surface area contributed by atoms with Gasteiger partial charge in [0.2, 0.25) is 0 Å². The molecule has 0 aliphatic rings. The maximum atomic E-state index is 12.6. The summed E-state index contributed by atoms with van der Waals surface area (Å²) in [6, 6.07) is 7.40. The molecule has 0 saturated carbocycles. The largest absolute Gasteiger partial charge is 0.462 e. The number of alkyl halides is 10. The lowest BCUT2D eigenvalue weighted by atomic mass is 10.3. The summed E-state index contributed by atoms with van der Waals surface area (Å²) in [5, 5.41) is 1.13. The van der Waals surface area contributed by atoms with Crippen LogP contribution in [0.2, 0.25) is 13.1 Å². The molecule has 3 nitrogen and oxygen atoms in total. The van der Waals surface area contributed by atoms with Crippen molar-refractivity contribution >= 4 is 25.1 Å². The van der Waals surface area contributed by atoms with Gasteiger partial charge in [-0.2, -0.15) is 43.9 Å². The Morgan fingerprint density at radius 3 is 1.94 bits per heavy atom. The van der Waals surface area contributed by atoms with Gasteiger partial charge in [-0.3, -0.25) is 4.90 Å². The van der Waals surface area contributed by atoms with Crippen molar-refractivity contribution in [2.45, 2.75) is 37.5 Å². The van der Waals surface area contributed by atoms with Gasteiger partial charge in [-0.25, -0.2) is 4.79 Å². The van der Waals surface area contributed by atoms with Crippen molar-refractivity contribution in [3.63, 3.8) is 0 Å². The Morgan fingerprint density at radius 2 is 1.56 bits per heavy atom. The predicted molar refractivity (Wildman–Crippen MR) is 96.6 cm³/mol. The minimum atomic E-state index is -6.72. The van der Waals surface area contributed by atoms with Crippen LogP contribution in [0.4, 0.5) is 58.8 Å². The Hall–Kier alpha value is -2.16. The normalized spacial score (nSPS) is 13.2. The Labute approximate surface area is 176 Å². The second kappa shape index (κ2) is 10.2. The highest BCUT2D eigenvalue weighted by atomic mass is 28.3. The van der Waals surface area contributed by atoms with Gasteiger partial charge in [0.05, 0.1) is 0 Å². The van der Waals surface area contributed by atoms with Crippen LogP contribution in [0.3, 0.4) is 0 Å². The number of hydrogen-bond acceptors (Lipinski definition) is 2. The minimum Gasteiger partial charge on any atom is -0.306 e. The molecular formula is C17H18F11NO2Si. The lowest BCUT2D eigenvalue weighted by molar-refractivity contribution is -0.432. The Balaban J connectivity index is 0.000000601. The molecule has 32 heavy (non-hydrogen) atoms. The molecule has 0 N–H and O–H groups in total. The van der Waals surface area contributed by atoms with E-state index in [0.29, 0.717) is 5.69 Å². The first-order valence-corrected chi connectivity index (χ1v) is 11.4. The zero-order valence-electron chi connectivity index (χ0n) is 16.7. The van der Waals surface area contributed by atoms with E-state index in [1.54, 1.807) is 6.07 Å². The van der Waals surface area contributed by atoms with E-state index in [9.17, 15) is 53.1 Å². The molecule has 0 spiro atoms. The molecule has 184 valence electrons. The fraction of sp³-hybridized carbons (Fsp3) is 0.471. The summed E-state index contributed by atoms with van der Waals surface area (Å²) in [5.74, 6) is -6.70. The lowest BCUT2D eigenvalue weighted by Crippen LogP contribution is -2.54. The van der Waals surface area contributed by atoms with Crippen LogP contribution in [-0.4, -0.2) is 52.3 Å². The third-order valence-corrected chi connectivity index (χ3v) is 6.71. The third-order valence-electron chi connectivity index (χ3n) is 3.89. The number of amides is 1.